The van der Waals surface area contributed by atoms with Crippen molar-refractivity contribution >= 4 is 163 Å². The summed E-state index contributed by atoms with van der Waals surface area (Å²) in [6, 6.07) is 181. The fraction of sp³-hybridized carbons (Fsp3) is 0.0154. The monoisotopic (exact) mass is 1760 g/mol. The number of rotatable bonds is 15. The minimum Gasteiger partial charge on any atom is -0.455 e. The first-order valence-electron chi connectivity index (χ1n) is 46.7. The third-order valence-corrected chi connectivity index (χ3v) is 31.5. The molecule has 0 bridgehead atoms. The van der Waals surface area contributed by atoms with Crippen LogP contribution in [-0.4, -0.2) is 0 Å². The Balaban J connectivity index is 0.539. The van der Waals surface area contributed by atoms with E-state index in [0.29, 0.717) is 0 Å². The highest BCUT2D eigenvalue weighted by Crippen LogP contribution is 2.61. The van der Waals surface area contributed by atoms with Gasteiger partial charge in [0.05, 0.1) is 22.2 Å². The van der Waals surface area contributed by atoms with E-state index in [4.69, 9.17) is 8.83 Å². The van der Waals surface area contributed by atoms with E-state index in [0.717, 1.165) is 150 Å². The summed E-state index contributed by atoms with van der Waals surface area (Å²) in [5, 5.41) is 13.8. The summed E-state index contributed by atoms with van der Waals surface area (Å²) in [6.45, 7) is 0. The maximum Gasteiger partial charge on any atom is 0.143 e. The van der Waals surface area contributed by atoms with Crippen LogP contribution in [0.1, 0.15) is 44.5 Å². The standard InChI is InChI=1S/C130H80N2O2S2/c1-5-28-89(29-6-1)129(90-30-7-2-8-31-90)113-44-20-15-37-99(113)101-71-65-95(79-115(101)129)131(117-46-22-17-39-103(117)107-42-25-48-119-125(107)109-69-55-83-27-13-14-36-97(83)127(109)133-119)93-61-51-81(52-62-93)85-59-73-122-111(76-85)112-77-86(60-74-123(112)135-122)84-56-67-98-88(75-84)58-70-110-126-108(43-26-49-120(126)134-128(98)110)104-40-18-23-47-118(104)132(94-63-53-82(54-64-94)87-57-68-106-105-41-19-24-50-121(105)136-124(106)78-87)96-66-72-102-100-38-16-21-45-114(100)130(116(102)80-96,91-32-9-3-10-33-91)92-34-11-4-12-35-92/h1-80H. The molecule has 6 heteroatoms. The molecule has 0 atom stereocenters. The Hall–Kier alpha value is -17.0. The van der Waals surface area contributed by atoms with Crippen molar-refractivity contribution in [3.05, 3.63) is 530 Å². The van der Waals surface area contributed by atoms with Crippen LogP contribution in [-0.2, 0) is 10.8 Å². The highest BCUT2D eigenvalue weighted by Gasteiger charge is 2.48. The number of fused-ring (bicyclic) bond motifs is 22. The molecule has 0 spiro atoms. The van der Waals surface area contributed by atoms with Gasteiger partial charge in [-0.3, -0.25) is 0 Å². The average molecular weight is 1770 g/mol. The lowest BCUT2D eigenvalue weighted by Gasteiger charge is -2.35. The van der Waals surface area contributed by atoms with Crippen molar-refractivity contribution in [1.29, 1.82) is 0 Å². The summed E-state index contributed by atoms with van der Waals surface area (Å²) in [5.74, 6) is 0. The molecule has 0 fully saturated rings. The molecule has 2 aliphatic rings. The van der Waals surface area contributed by atoms with Crippen molar-refractivity contribution in [2.24, 2.45) is 0 Å². The average Bonchev–Trinajstić information content (AvgIpc) is 1.54. The zero-order valence-corrected chi connectivity index (χ0v) is 75.3. The first kappa shape index (κ1) is 77.7. The number of furan rings is 2. The second-order valence-electron chi connectivity index (χ2n) is 36.3. The summed E-state index contributed by atoms with van der Waals surface area (Å²) < 4.78 is 19.2. The van der Waals surface area contributed by atoms with Gasteiger partial charge in [-0.1, -0.05) is 352 Å². The maximum atomic E-state index is 7.23. The van der Waals surface area contributed by atoms with Crippen LogP contribution in [0.4, 0.5) is 34.1 Å². The fourth-order valence-electron chi connectivity index (χ4n) is 23.2. The van der Waals surface area contributed by atoms with Crippen molar-refractivity contribution in [2.75, 3.05) is 9.80 Å². The minimum absolute atomic E-state index is 0.607. The van der Waals surface area contributed by atoms with Gasteiger partial charge < -0.3 is 18.6 Å². The van der Waals surface area contributed by atoms with E-state index in [1.54, 1.807) is 0 Å². The Morgan fingerprint density at radius 1 is 0.184 bits per heavy atom. The fourth-order valence-corrected chi connectivity index (χ4v) is 25.4. The lowest BCUT2D eigenvalue weighted by molar-refractivity contribution is 0.672. The van der Waals surface area contributed by atoms with Gasteiger partial charge >= 0.3 is 0 Å². The number of para-hydroxylation sites is 2. The van der Waals surface area contributed by atoms with Gasteiger partial charge in [0, 0.05) is 107 Å². The Labute approximate surface area is 793 Å². The SMILES string of the molecule is c1ccc(C2(c3ccccc3)c3ccccc3-c3ccc(N(c4ccc(-c5ccc6sc7ccc(-c8ccc9c(ccc%10c9oc9cccc(-c%11ccccc%11N(c%11ccc(-c%12ccc%13c(c%12)sc%12ccccc%12%13)cc%11)c%11ccc%12c(c%11)C(c%11ccccc%11)(c%11ccccc%11)c%11ccccc%11-%12)c9%10)c8)cc7c6c5)cc4)c4ccccc4-c4cccc5oc6c7ccccc7ccc6c45)cc32)cc1. The van der Waals surface area contributed by atoms with Gasteiger partial charge in [0.2, 0.25) is 0 Å². The topological polar surface area (TPSA) is 32.8 Å². The predicted octanol–water partition coefficient (Wildman–Crippen LogP) is 36.5. The first-order valence-corrected chi connectivity index (χ1v) is 48.3. The number of anilines is 6. The van der Waals surface area contributed by atoms with E-state index >= 15 is 0 Å². The zero-order valence-electron chi connectivity index (χ0n) is 73.7. The van der Waals surface area contributed by atoms with Gasteiger partial charge in [0.25, 0.3) is 0 Å². The molecule has 0 amide bonds. The molecule has 0 saturated carbocycles. The minimum atomic E-state index is -0.610. The van der Waals surface area contributed by atoms with Crippen molar-refractivity contribution < 1.29 is 8.83 Å². The van der Waals surface area contributed by atoms with Crippen LogP contribution in [0.2, 0.25) is 0 Å². The van der Waals surface area contributed by atoms with Crippen LogP contribution in [0.3, 0.4) is 0 Å². The van der Waals surface area contributed by atoms with Gasteiger partial charge in [0.1, 0.15) is 22.3 Å². The first-order chi connectivity index (χ1) is 67.4. The molecule has 0 N–H and O–H groups in total. The number of thiophene rings is 2. The maximum absolute atomic E-state index is 7.23. The lowest BCUT2D eigenvalue weighted by Crippen LogP contribution is -2.28. The molecule has 4 nitrogen and oxygen atoms in total. The second-order valence-corrected chi connectivity index (χ2v) is 38.4. The largest absolute Gasteiger partial charge is 0.455 e. The van der Waals surface area contributed by atoms with Crippen LogP contribution in [0.25, 0.3) is 184 Å². The molecular formula is C130H80N2O2S2. The molecule has 0 unspecified atom stereocenters. The van der Waals surface area contributed by atoms with Crippen LogP contribution in [0, 0.1) is 0 Å². The highest BCUT2D eigenvalue weighted by molar-refractivity contribution is 7.26. The number of benzene rings is 22. The van der Waals surface area contributed by atoms with E-state index < -0.39 is 10.8 Å². The second kappa shape index (κ2) is 30.8. The van der Waals surface area contributed by atoms with Crippen LogP contribution in [0.15, 0.2) is 494 Å². The van der Waals surface area contributed by atoms with E-state index in [1.807, 2.05) is 22.7 Å². The Morgan fingerprint density at radius 3 is 1.04 bits per heavy atom. The van der Waals surface area contributed by atoms with Crippen LogP contribution >= 0.6 is 22.7 Å². The van der Waals surface area contributed by atoms with Crippen molar-refractivity contribution in [2.45, 2.75) is 10.8 Å². The molecule has 634 valence electrons. The lowest BCUT2D eigenvalue weighted by atomic mass is 9.67. The highest BCUT2D eigenvalue weighted by atomic mass is 32.1. The Bertz CT molecular complexity index is 9290. The van der Waals surface area contributed by atoms with Crippen molar-refractivity contribution in [1.82, 2.24) is 0 Å². The molecular weight excluding hydrogens is 1690 g/mol. The van der Waals surface area contributed by atoms with Crippen molar-refractivity contribution in [3.8, 4) is 77.9 Å². The number of hydrogen-bond donors (Lipinski definition) is 0. The Kier molecular flexibility index (Phi) is 17.6. The summed E-state index contributed by atoms with van der Waals surface area (Å²) >= 11 is 3.71. The number of nitrogens with zero attached hydrogens (tertiary/aromatic N) is 2. The summed E-state index contributed by atoms with van der Waals surface area (Å²) in [5.41, 5.74) is 34.7. The van der Waals surface area contributed by atoms with Crippen molar-refractivity contribution in [3.63, 3.8) is 0 Å². The van der Waals surface area contributed by atoms with E-state index in [1.165, 1.54) is 113 Å². The third kappa shape index (κ3) is 11.8. The van der Waals surface area contributed by atoms with Gasteiger partial charge in [0.15, 0.2) is 0 Å². The van der Waals surface area contributed by atoms with Gasteiger partial charge in [-0.15, -0.1) is 22.7 Å². The normalized spacial score (nSPS) is 13.0. The molecule has 26 aromatic rings. The summed E-state index contributed by atoms with van der Waals surface area (Å²) in [6.07, 6.45) is 0. The molecule has 0 radical (unpaired) electrons. The number of hydrogen-bond acceptors (Lipinski definition) is 6. The molecule has 2 aliphatic carbocycles. The molecule has 28 rings (SSSR count). The van der Waals surface area contributed by atoms with Gasteiger partial charge in [-0.25, -0.2) is 0 Å². The third-order valence-electron chi connectivity index (χ3n) is 29.2. The van der Waals surface area contributed by atoms with E-state index in [-0.39, 0.29) is 0 Å². The van der Waals surface area contributed by atoms with Gasteiger partial charge in [-0.2, -0.15) is 0 Å². The van der Waals surface area contributed by atoms with E-state index in [2.05, 4.69) is 495 Å². The molecule has 22 aromatic carbocycles. The molecule has 4 heterocycles. The van der Waals surface area contributed by atoms with Gasteiger partial charge in [-0.05, 0) is 256 Å². The van der Waals surface area contributed by atoms with Crippen LogP contribution in [0.5, 0.6) is 0 Å². The molecule has 136 heavy (non-hydrogen) atoms. The summed E-state index contributed by atoms with van der Waals surface area (Å²) in [7, 11) is 0. The molecule has 0 saturated heterocycles. The molecule has 4 aromatic heterocycles. The van der Waals surface area contributed by atoms with Crippen LogP contribution < -0.4 is 9.80 Å². The van der Waals surface area contributed by atoms with E-state index in [9.17, 15) is 0 Å². The Morgan fingerprint density at radius 2 is 0.529 bits per heavy atom. The quantitative estimate of drug-likeness (QED) is 0.102. The predicted molar refractivity (Wildman–Crippen MR) is 573 cm³/mol. The zero-order chi connectivity index (χ0) is 89.3. The smallest absolute Gasteiger partial charge is 0.143 e. The molecule has 0 aliphatic heterocycles. The summed E-state index contributed by atoms with van der Waals surface area (Å²) in [4.78, 5) is 4.97.